The van der Waals surface area contributed by atoms with Gasteiger partial charge in [-0.2, -0.15) is 5.10 Å². The number of nitrogens with one attached hydrogen (secondary N) is 1. The Labute approximate surface area is 174 Å². The molecule has 4 rings (SSSR count). The lowest BCUT2D eigenvalue weighted by Crippen LogP contribution is -2.15. The van der Waals surface area contributed by atoms with Crippen molar-refractivity contribution in [2.45, 2.75) is 20.3 Å². The van der Waals surface area contributed by atoms with Crippen LogP contribution >= 0.6 is 11.3 Å². The molecule has 0 atom stereocenters. The lowest BCUT2D eigenvalue weighted by molar-refractivity contribution is -0.115. The number of rotatable bonds is 5. The van der Waals surface area contributed by atoms with Crippen LogP contribution in [0.3, 0.4) is 0 Å². The molecule has 4 aromatic rings. The van der Waals surface area contributed by atoms with Crippen LogP contribution in [0.1, 0.15) is 17.0 Å². The summed E-state index contributed by atoms with van der Waals surface area (Å²) in [6.07, 6.45) is 0.284. The number of nitrogens with zero attached hydrogens (tertiary/aromatic N) is 3. The molecule has 2 heterocycles. The zero-order valence-electron chi connectivity index (χ0n) is 16.6. The Balaban J connectivity index is 1.64. The minimum Gasteiger partial charge on any atom is -0.302 e. The van der Waals surface area contributed by atoms with Crippen molar-refractivity contribution in [1.82, 2.24) is 14.8 Å². The van der Waals surface area contributed by atoms with Crippen LogP contribution in [0.25, 0.3) is 21.7 Å². The van der Waals surface area contributed by atoms with E-state index in [9.17, 15) is 4.79 Å². The van der Waals surface area contributed by atoms with Crippen LogP contribution in [-0.4, -0.2) is 20.7 Å². The standard InChI is InChI=1S/C23H22N4OS/c1-15-19(16(2)27(3)26-15)14-20(28)24-23-25-21(17-10-6-4-7-11-17)22(29-23)18-12-8-5-9-13-18/h4-13H,14H2,1-3H3,(H,24,25,28). The van der Waals surface area contributed by atoms with Crippen molar-refractivity contribution >= 4 is 22.4 Å². The maximum absolute atomic E-state index is 12.7. The van der Waals surface area contributed by atoms with Gasteiger partial charge in [0.15, 0.2) is 5.13 Å². The second-order valence-corrected chi connectivity index (χ2v) is 7.93. The van der Waals surface area contributed by atoms with Gasteiger partial charge in [-0.25, -0.2) is 4.98 Å². The van der Waals surface area contributed by atoms with E-state index in [0.717, 1.165) is 38.6 Å². The van der Waals surface area contributed by atoms with E-state index < -0.39 is 0 Å². The van der Waals surface area contributed by atoms with E-state index in [1.807, 2.05) is 74.1 Å². The molecule has 1 N–H and O–H groups in total. The van der Waals surface area contributed by atoms with Crippen LogP contribution in [-0.2, 0) is 18.3 Å². The molecule has 0 bridgehead atoms. The average Bonchev–Trinajstić information content (AvgIpc) is 3.25. The summed E-state index contributed by atoms with van der Waals surface area (Å²) >= 11 is 1.50. The molecule has 1 amide bonds. The van der Waals surface area contributed by atoms with E-state index in [1.165, 1.54) is 11.3 Å². The Kier molecular flexibility index (Phi) is 5.27. The highest BCUT2D eigenvalue weighted by atomic mass is 32.1. The highest BCUT2D eigenvalue weighted by Crippen LogP contribution is 2.38. The van der Waals surface area contributed by atoms with Crippen LogP contribution in [0.2, 0.25) is 0 Å². The largest absolute Gasteiger partial charge is 0.302 e. The first kappa shape index (κ1) is 19.1. The van der Waals surface area contributed by atoms with E-state index in [2.05, 4.69) is 22.5 Å². The van der Waals surface area contributed by atoms with Gasteiger partial charge < -0.3 is 5.32 Å². The quantitative estimate of drug-likeness (QED) is 0.510. The molecule has 0 aliphatic heterocycles. The van der Waals surface area contributed by atoms with E-state index in [0.29, 0.717) is 5.13 Å². The fraction of sp³-hybridized carbons (Fsp3) is 0.174. The molecule has 29 heavy (non-hydrogen) atoms. The number of hydrogen-bond donors (Lipinski definition) is 1. The molecule has 0 spiro atoms. The summed E-state index contributed by atoms with van der Waals surface area (Å²) in [5.41, 5.74) is 5.85. The third-order valence-electron chi connectivity index (χ3n) is 4.95. The average molecular weight is 403 g/mol. The molecule has 0 radical (unpaired) electrons. The number of aryl methyl sites for hydroxylation is 2. The number of thiazole rings is 1. The number of carbonyl (C=O) groups is 1. The Morgan fingerprint density at radius 2 is 1.62 bits per heavy atom. The van der Waals surface area contributed by atoms with E-state index in [4.69, 9.17) is 4.98 Å². The van der Waals surface area contributed by atoms with Crippen molar-refractivity contribution in [2.24, 2.45) is 7.05 Å². The monoisotopic (exact) mass is 402 g/mol. The van der Waals surface area contributed by atoms with Gasteiger partial charge in [0.2, 0.25) is 5.91 Å². The molecular weight excluding hydrogens is 380 g/mol. The molecule has 2 aromatic carbocycles. The summed E-state index contributed by atoms with van der Waals surface area (Å²) in [4.78, 5) is 18.5. The van der Waals surface area contributed by atoms with Gasteiger partial charge in [-0.05, 0) is 19.4 Å². The summed E-state index contributed by atoms with van der Waals surface area (Å²) < 4.78 is 1.81. The maximum atomic E-state index is 12.7. The molecule has 146 valence electrons. The smallest absolute Gasteiger partial charge is 0.230 e. The third-order valence-corrected chi connectivity index (χ3v) is 5.97. The molecule has 0 fully saturated rings. The molecule has 5 nitrogen and oxygen atoms in total. The summed E-state index contributed by atoms with van der Waals surface area (Å²) in [5.74, 6) is -0.0860. The van der Waals surface area contributed by atoms with E-state index in [1.54, 1.807) is 0 Å². The molecule has 0 unspecified atom stereocenters. The second-order valence-electron chi connectivity index (χ2n) is 6.93. The Bertz CT molecular complexity index is 1090. The number of anilines is 1. The van der Waals surface area contributed by atoms with Gasteiger partial charge in [0.05, 0.1) is 22.7 Å². The Hall–Kier alpha value is -3.25. The van der Waals surface area contributed by atoms with Crippen LogP contribution in [0.15, 0.2) is 60.7 Å². The van der Waals surface area contributed by atoms with Gasteiger partial charge in [0.25, 0.3) is 0 Å². The summed E-state index contributed by atoms with van der Waals surface area (Å²) in [6.45, 7) is 3.91. The first-order chi connectivity index (χ1) is 14.0. The molecule has 0 saturated carbocycles. The van der Waals surface area contributed by atoms with E-state index in [-0.39, 0.29) is 12.3 Å². The number of carbonyl (C=O) groups excluding carboxylic acids is 1. The zero-order chi connectivity index (χ0) is 20.4. The van der Waals surface area contributed by atoms with Gasteiger partial charge in [-0.15, -0.1) is 0 Å². The van der Waals surface area contributed by atoms with Gasteiger partial charge in [-0.1, -0.05) is 72.0 Å². The van der Waals surface area contributed by atoms with Gasteiger partial charge in [0.1, 0.15) is 0 Å². The Morgan fingerprint density at radius 3 is 2.21 bits per heavy atom. The van der Waals surface area contributed by atoms with Crippen LogP contribution in [0, 0.1) is 13.8 Å². The predicted molar refractivity (Wildman–Crippen MR) is 118 cm³/mol. The summed E-state index contributed by atoms with van der Waals surface area (Å²) in [7, 11) is 1.89. The first-order valence-electron chi connectivity index (χ1n) is 9.43. The lowest BCUT2D eigenvalue weighted by Gasteiger charge is -2.03. The molecule has 0 aliphatic carbocycles. The van der Waals surface area contributed by atoms with Gasteiger partial charge in [0, 0.05) is 23.9 Å². The molecule has 0 saturated heterocycles. The van der Waals surface area contributed by atoms with Gasteiger partial charge >= 0.3 is 0 Å². The van der Waals surface area contributed by atoms with Crippen LogP contribution in [0.5, 0.6) is 0 Å². The predicted octanol–water partition coefficient (Wildman–Crippen LogP) is 5.01. The van der Waals surface area contributed by atoms with Crippen LogP contribution < -0.4 is 5.32 Å². The fourth-order valence-corrected chi connectivity index (χ4v) is 4.36. The van der Waals surface area contributed by atoms with Crippen LogP contribution in [0.4, 0.5) is 5.13 Å². The lowest BCUT2D eigenvalue weighted by atomic mass is 10.1. The Morgan fingerprint density at radius 1 is 1.00 bits per heavy atom. The molecule has 2 aromatic heterocycles. The van der Waals surface area contributed by atoms with E-state index >= 15 is 0 Å². The normalized spacial score (nSPS) is 10.9. The van der Waals surface area contributed by atoms with Crippen molar-refractivity contribution in [2.75, 3.05) is 5.32 Å². The highest BCUT2D eigenvalue weighted by molar-refractivity contribution is 7.19. The summed E-state index contributed by atoms with van der Waals surface area (Å²) in [6, 6.07) is 20.2. The summed E-state index contributed by atoms with van der Waals surface area (Å²) in [5, 5.41) is 7.98. The highest BCUT2D eigenvalue weighted by Gasteiger charge is 2.18. The zero-order valence-corrected chi connectivity index (χ0v) is 17.5. The molecule has 6 heteroatoms. The second kappa shape index (κ2) is 8.01. The molecule has 0 aliphatic rings. The number of aromatic nitrogens is 3. The van der Waals surface area contributed by atoms with Crippen molar-refractivity contribution in [3.63, 3.8) is 0 Å². The fourth-order valence-electron chi connectivity index (χ4n) is 3.35. The SMILES string of the molecule is Cc1nn(C)c(C)c1CC(=O)Nc1nc(-c2ccccc2)c(-c2ccccc2)s1. The topological polar surface area (TPSA) is 59.8 Å². The van der Waals surface area contributed by atoms with Crippen molar-refractivity contribution in [1.29, 1.82) is 0 Å². The van der Waals surface area contributed by atoms with Gasteiger partial charge in [-0.3, -0.25) is 9.48 Å². The minimum atomic E-state index is -0.0860. The number of amides is 1. The first-order valence-corrected chi connectivity index (χ1v) is 10.2. The minimum absolute atomic E-state index is 0.0860. The molecular formula is C23H22N4OS. The number of hydrogen-bond acceptors (Lipinski definition) is 4. The van der Waals surface area contributed by atoms with Crippen molar-refractivity contribution < 1.29 is 4.79 Å². The van der Waals surface area contributed by atoms with Crippen molar-refractivity contribution in [3.8, 4) is 21.7 Å². The third kappa shape index (κ3) is 3.98. The van der Waals surface area contributed by atoms with Crippen molar-refractivity contribution in [3.05, 3.63) is 77.6 Å². The number of benzene rings is 2. The maximum Gasteiger partial charge on any atom is 0.230 e.